The van der Waals surface area contributed by atoms with E-state index in [1.165, 1.54) is 0 Å². The molecule has 0 bridgehead atoms. The van der Waals surface area contributed by atoms with Crippen LogP contribution in [0.4, 0.5) is 0 Å². The van der Waals surface area contributed by atoms with E-state index in [1.807, 2.05) is 13.8 Å². The molecule has 84 valence electrons. The largest absolute Gasteiger partial charge is 0.390 e. The minimum atomic E-state index is -1.17. The van der Waals surface area contributed by atoms with Gasteiger partial charge in [-0.2, -0.15) is 0 Å². The van der Waals surface area contributed by atoms with Crippen LogP contribution in [0.3, 0.4) is 0 Å². The number of rotatable bonds is 2. The lowest BCUT2D eigenvalue weighted by Crippen LogP contribution is -2.53. The number of aliphatic hydroxyl groups is 3. The third kappa shape index (κ3) is 2.45. The zero-order chi connectivity index (χ0) is 10.9. The molecule has 0 aromatic heterocycles. The summed E-state index contributed by atoms with van der Waals surface area (Å²) in [5.74, 6) is 0.0480. The van der Waals surface area contributed by atoms with Crippen LogP contribution in [-0.2, 0) is 4.74 Å². The normalized spacial score (nSPS) is 44.4. The predicted molar refractivity (Wildman–Crippen MR) is 51.5 cm³/mol. The van der Waals surface area contributed by atoms with E-state index in [0.29, 0.717) is 12.3 Å². The molecule has 0 radical (unpaired) electrons. The molecule has 0 spiro atoms. The Balaban J connectivity index is 2.60. The van der Waals surface area contributed by atoms with Crippen molar-refractivity contribution in [1.82, 2.24) is 0 Å². The average Bonchev–Trinajstić information content (AvgIpc) is 2.10. The van der Waals surface area contributed by atoms with Gasteiger partial charge in [0.1, 0.15) is 6.10 Å². The van der Waals surface area contributed by atoms with Gasteiger partial charge in [0, 0.05) is 5.92 Å². The van der Waals surface area contributed by atoms with Gasteiger partial charge < -0.3 is 20.1 Å². The molecule has 4 heteroatoms. The summed E-state index contributed by atoms with van der Waals surface area (Å²) in [5.41, 5.74) is 0. The van der Waals surface area contributed by atoms with Crippen LogP contribution in [0.1, 0.15) is 27.2 Å². The van der Waals surface area contributed by atoms with Crippen LogP contribution in [0.25, 0.3) is 0 Å². The Hall–Kier alpha value is -0.160. The van der Waals surface area contributed by atoms with Gasteiger partial charge in [-0.15, -0.1) is 0 Å². The lowest BCUT2D eigenvalue weighted by atomic mass is 9.87. The fraction of sp³-hybridized carbons (Fsp3) is 1.00. The van der Waals surface area contributed by atoms with Gasteiger partial charge in [-0.1, -0.05) is 20.8 Å². The lowest BCUT2D eigenvalue weighted by molar-refractivity contribution is -0.267. The van der Waals surface area contributed by atoms with Crippen LogP contribution < -0.4 is 0 Å². The van der Waals surface area contributed by atoms with Crippen molar-refractivity contribution in [2.75, 3.05) is 0 Å². The number of ether oxygens (including phenoxy) is 1. The Bertz CT molecular complexity index is 183. The van der Waals surface area contributed by atoms with Crippen molar-refractivity contribution >= 4 is 0 Å². The van der Waals surface area contributed by atoms with Crippen molar-refractivity contribution in [3.8, 4) is 0 Å². The standard InChI is InChI=1S/C10H20O4/c1-5(2)4-7-8(11)6(3)9(12)10(13)14-7/h5-13H,4H2,1-3H3/t6-,7+,8-,9+,10?/m1/s1. The molecule has 1 unspecified atom stereocenters. The highest BCUT2D eigenvalue weighted by atomic mass is 16.6. The van der Waals surface area contributed by atoms with Crippen LogP contribution >= 0.6 is 0 Å². The number of aliphatic hydroxyl groups excluding tert-OH is 3. The first-order valence-electron chi connectivity index (χ1n) is 5.13. The SMILES string of the molecule is CC(C)C[C@@H]1OC(O)[C@@H](O)[C@H](C)[C@H]1O. The summed E-state index contributed by atoms with van der Waals surface area (Å²) in [6, 6.07) is 0. The van der Waals surface area contributed by atoms with Crippen LogP contribution in [0.15, 0.2) is 0 Å². The molecule has 3 N–H and O–H groups in total. The highest BCUT2D eigenvalue weighted by Gasteiger charge is 2.41. The minimum absolute atomic E-state index is 0.345. The second-order valence-corrected chi connectivity index (χ2v) is 4.53. The topological polar surface area (TPSA) is 69.9 Å². The number of hydrogen-bond donors (Lipinski definition) is 3. The molecular formula is C10H20O4. The van der Waals surface area contributed by atoms with Crippen molar-refractivity contribution in [1.29, 1.82) is 0 Å². The molecule has 0 amide bonds. The van der Waals surface area contributed by atoms with Crippen LogP contribution in [0.5, 0.6) is 0 Å². The fourth-order valence-corrected chi connectivity index (χ4v) is 1.80. The zero-order valence-corrected chi connectivity index (χ0v) is 8.92. The molecule has 1 saturated heterocycles. The van der Waals surface area contributed by atoms with Gasteiger partial charge in [0.25, 0.3) is 0 Å². The smallest absolute Gasteiger partial charge is 0.181 e. The molecular weight excluding hydrogens is 184 g/mol. The summed E-state index contributed by atoms with van der Waals surface area (Å²) in [5, 5.41) is 28.6. The van der Waals surface area contributed by atoms with Gasteiger partial charge in [-0.3, -0.25) is 0 Å². The van der Waals surface area contributed by atoms with E-state index in [0.717, 1.165) is 0 Å². The van der Waals surface area contributed by atoms with Crippen molar-refractivity contribution in [2.24, 2.45) is 11.8 Å². The summed E-state index contributed by atoms with van der Waals surface area (Å²) in [6.45, 7) is 5.77. The summed E-state index contributed by atoms with van der Waals surface area (Å²) in [7, 11) is 0. The molecule has 0 saturated carbocycles. The Morgan fingerprint density at radius 2 is 1.71 bits per heavy atom. The van der Waals surface area contributed by atoms with Gasteiger partial charge in [-0.05, 0) is 12.3 Å². The van der Waals surface area contributed by atoms with Crippen LogP contribution in [-0.4, -0.2) is 39.9 Å². The number of hydrogen-bond acceptors (Lipinski definition) is 4. The zero-order valence-electron chi connectivity index (χ0n) is 8.92. The van der Waals surface area contributed by atoms with Gasteiger partial charge in [0.15, 0.2) is 6.29 Å². The summed E-state index contributed by atoms with van der Waals surface area (Å²) in [6.07, 6.45) is -2.54. The molecule has 1 rings (SSSR count). The van der Waals surface area contributed by atoms with E-state index >= 15 is 0 Å². The Morgan fingerprint density at radius 1 is 1.14 bits per heavy atom. The van der Waals surface area contributed by atoms with Gasteiger partial charge in [-0.25, -0.2) is 0 Å². The van der Waals surface area contributed by atoms with Gasteiger partial charge >= 0.3 is 0 Å². The molecule has 1 heterocycles. The third-order valence-corrected chi connectivity index (χ3v) is 2.77. The third-order valence-electron chi connectivity index (χ3n) is 2.77. The first kappa shape index (κ1) is 11.9. The maximum absolute atomic E-state index is 9.78. The van der Waals surface area contributed by atoms with E-state index in [-0.39, 0.29) is 12.0 Å². The lowest BCUT2D eigenvalue weighted by Gasteiger charge is -2.40. The summed E-state index contributed by atoms with van der Waals surface area (Å²) >= 11 is 0. The molecule has 4 nitrogen and oxygen atoms in total. The van der Waals surface area contributed by atoms with E-state index in [2.05, 4.69) is 0 Å². The fourth-order valence-electron chi connectivity index (χ4n) is 1.80. The maximum atomic E-state index is 9.78. The maximum Gasteiger partial charge on any atom is 0.181 e. The van der Waals surface area contributed by atoms with Crippen molar-refractivity contribution < 1.29 is 20.1 Å². The molecule has 1 aliphatic heterocycles. The van der Waals surface area contributed by atoms with Crippen molar-refractivity contribution in [2.45, 2.75) is 51.8 Å². The first-order valence-corrected chi connectivity index (χ1v) is 5.13. The molecule has 0 aromatic carbocycles. The highest BCUT2D eigenvalue weighted by molar-refractivity contribution is 4.86. The molecule has 1 fully saturated rings. The molecule has 1 aliphatic rings. The second kappa shape index (κ2) is 4.57. The predicted octanol–water partition coefficient (Wildman–Crippen LogP) is 0.108. The first-order chi connectivity index (χ1) is 6.43. The monoisotopic (exact) mass is 204 g/mol. The van der Waals surface area contributed by atoms with Crippen molar-refractivity contribution in [3.05, 3.63) is 0 Å². The quantitative estimate of drug-likeness (QED) is 0.597. The van der Waals surface area contributed by atoms with Crippen LogP contribution in [0, 0.1) is 11.8 Å². The Labute approximate surface area is 84.5 Å². The second-order valence-electron chi connectivity index (χ2n) is 4.53. The molecule has 0 aliphatic carbocycles. The van der Waals surface area contributed by atoms with Gasteiger partial charge in [0.05, 0.1) is 12.2 Å². The minimum Gasteiger partial charge on any atom is -0.390 e. The van der Waals surface area contributed by atoms with Crippen molar-refractivity contribution in [3.63, 3.8) is 0 Å². The average molecular weight is 204 g/mol. The molecule has 14 heavy (non-hydrogen) atoms. The molecule has 0 aromatic rings. The van der Waals surface area contributed by atoms with E-state index < -0.39 is 18.5 Å². The highest BCUT2D eigenvalue weighted by Crippen LogP contribution is 2.28. The summed E-state index contributed by atoms with van der Waals surface area (Å²) in [4.78, 5) is 0. The van der Waals surface area contributed by atoms with E-state index in [4.69, 9.17) is 4.74 Å². The Kier molecular flexibility index (Phi) is 3.89. The Morgan fingerprint density at radius 3 is 2.21 bits per heavy atom. The van der Waals surface area contributed by atoms with Gasteiger partial charge in [0.2, 0.25) is 0 Å². The van der Waals surface area contributed by atoms with E-state index in [1.54, 1.807) is 6.92 Å². The van der Waals surface area contributed by atoms with Crippen LogP contribution in [0.2, 0.25) is 0 Å². The summed E-state index contributed by atoms with van der Waals surface area (Å²) < 4.78 is 5.15. The van der Waals surface area contributed by atoms with E-state index in [9.17, 15) is 15.3 Å². The molecule has 5 atom stereocenters.